The summed E-state index contributed by atoms with van der Waals surface area (Å²) in [6.45, 7) is 6.99. The minimum Gasteiger partial charge on any atom is -0.508 e. The molecule has 1 aromatic heterocycles. The Hall–Kier alpha value is -3.79. The van der Waals surface area contributed by atoms with Gasteiger partial charge in [0, 0.05) is 36.0 Å². The molecule has 0 bridgehead atoms. The first-order valence-corrected chi connectivity index (χ1v) is 14.3. The number of piperidine rings is 1. The molecule has 1 aliphatic heterocycles. The monoisotopic (exact) mass is 576 g/mol. The van der Waals surface area contributed by atoms with E-state index in [-0.39, 0.29) is 23.8 Å². The number of pyridine rings is 1. The van der Waals surface area contributed by atoms with E-state index in [0.717, 1.165) is 35.3 Å². The zero-order chi connectivity index (χ0) is 31.1. The second kappa shape index (κ2) is 13.9. The SMILES string of the molecule is CNC(C)Cc1ccccc1.Cc1ccc(O)cc1C12CCN(C)C(C)C1(O)Cc1cc(C=O)c(=O)[nH]c1C2.NC=O. The number of likely N-dealkylation sites (N-methyl/N-ethyl adjacent to an activating group) is 2. The van der Waals surface area contributed by atoms with Crippen LogP contribution >= 0.6 is 0 Å². The maximum atomic E-state index is 12.2. The third kappa shape index (κ3) is 6.64. The lowest BCUT2D eigenvalue weighted by Crippen LogP contribution is -2.70. The van der Waals surface area contributed by atoms with E-state index in [0.29, 0.717) is 31.6 Å². The van der Waals surface area contributed by atoms with E-state index >= 15 is 0 Å². The van der Waals surface area contributed by atoms with Gasteiger partial charge in [-0.2, -0.15) is 0 Å². The van der Waals surface area contributed by atoms with E-state index < -0.39 is 16.6 Å². The number of carbonyl (C=O) groups excluding carboxylic acids is 2. The Morgan fingerprint density at radius 2 is 1.83 bits per heavy atom. The van der Waals surface area contributed by atoms with Crippen LogP contribution in [0.2, 0.25) is 0 Å². The fraction of sp³-hybridized carbons (Fsp3) is 0.424. The summed E-state index contributed by atoms with van der Waals surface area (Å²) >= 11 is 0. The number of nitrogens with one attached hydrogen (secondary N) is 2. The zero-order valence-corrected chi connectivity index (χ0v) is 25.2. The van der Waals surface area contributed by atoms with Gasteiger partial charge in [0.25, 0.3) is 5.56 Å². The number of aromatic amines is 1. The summed E-state index contributed by atoms with van der Waals surface area (Å²) < 4.78 is 0. The summed E-state index contributed by atoms with van der Waals surface area (Å²) in [4.78, 5) is 37.1. The number of phenols is 1. The molecule has 5 rings (SSSR count). The Balaban J connectivity index is 0.000000288. The van der Waals surface area contributed by atoms with Gasteiger partial charge in [-0.05, 0) is 94.7 Å². The summed E-state index contributed by atoms with van der Waals surface area (Å²) in [5.41, 5.74) is 6.99. The molecule has 9 heteroatoms. The first-order chi connectivity index (χ1) is 20.0. The van der Waals surface area contributed by atoms with Crippen LogP contribution in [0.5, 0.6) is 5.75 Å². The van der Waals surface area contributed by atoms with Crippen LogP contribution in [0.4, 0.5) is 0 Å². The van der Waals surface area contributed by atoms with Gasteiger partial charge in [0.2, 0.25) is 6.41 Å². The van der Waals surface area contributed by atoms with Crippen LogP contribution < -0.4 is 16.6 Å². The number of primary amides is 1. The van der Waals surface area contributed by atoms with Crippen LogP contribution in [0.15, 0.2) is 59.4 Å². The molecule has 1 aliphatic carbocycles. The second-order valence-electron chi connectivity index (χ2n) is 11.5. The molecule has 1 amide bonds. The number of hydrogen-bond donors (Lipinski definition) is 5. The molecule has 1 fully saturated rings. The minimum atomic E-state index is -1.11. The van der Waals surface area contributed by atoms with E-state index in [1.807, 2.05) is 40.1 Å². The fourth-order valence-corrected chi connectivity index (χ4v) is 6.38. The number of aliphatic hydroxyl groups is 1. The molecule has 226 valence electrons. The Morgan fingerprint density at radius 3 is 2.45 bits per heavy atom. The van der Waals surface area contributed by atoms with Gasteiger partial charge in [-0.1, -0.05) is 36.4 Å². The van der Waals surface area contributed by atoms with Crippen LogP contribution in [-0.2, 0) is 29.5 Å². The van der Waals surface area contributed by atoms with E-state index in [1.54, 1.807) is 18.2 Å². The van der Waals surface area contributed by atoms with Gasteiger partial charge >= 0.3 is 0 Å². The van der Waals surface area contributed by atoms with Crippen molar-refractivity contribution in [1.29, 1.82) is 0 Å². The number of rotatable bonds is 5. The maximum absolute atomic E-state index is 12.2. The maximum Gasteiger partial charge on any atom is 0.258 e. The average Bonchev–Trinajstić information content (AvgIpc) is 2.97. The highest BCUT2D eigenvalue weighted by atomic mass is 16.3. The Bertz CT molecular complexity index is 1430. The van der Waals surface area contributed by atoms with Crippen molar-refractivity contribution >= 4 is 12.7 Å². The number of nitrogens with zero attached hydrogens (tertiary/aromatic N) is 1. The van der Waals surface area contributed by atoms with Crippen molar-refractivity contribution in [3.63, 3.8) is 0 Å². The Labute approximate surface area is 247 Å². The smallest absolute Gasteiger partial charge is 0.258 e. The quantitative estimate of drug-likeness (QED) is 0.293. The Morgan fingerprint density at radius 1 is 1.17 bits per heavy atom. The molecule has 1 saturated heterocycles. The fourth-order valence-electron chi connectivity index (χ4n) is 6.38. The summed E-state index contributed by atoms with van der Waals surface area (Å²) in [5.74, 6) is 0.166. The van der Waals surface area contributed by atoms with Crippen molar-refractivity contribution in [3.8, 4) is 5.75 Å². The van der Waals surface area contributed by atoms with Gasteiger partial charge in [-0.25, -0.2) is 0 Å². The Kier molecular flexibility index (Phi) is 10.8. The van der Waals surface area contributed by atoms with Crippen molar-refractivity contribution in [1.82, 2.24) is 15.2 Å². The number of nitrogens with two attached hydrogens (primary N) is 1. The van der Waals surface area contributed by atoms with Gasteiger partial charge in [0.1, 0.15) is 5.75 Å². The number of aryl methyl sites for hydroxylation is 1. The first kappa shape index (κ1) is 32.7. The number of H-pyrrole nitrogens is 1. The minimum absolute atomic E-state index is 0.0835. The highest BCUT2D eigenvalue weighted by Gasteiger charge is 2.60. The standard InChI is InChI=1S/C22H26N2O4.C10H15N.CH3NO/c1-13-4-5-17(26)9-18(13)21-6-7-24(3)14(2)22(21,28)10-15-8-16(12-25)20(27)23-19(15)11-21;1-9(11-2)8-10-6-4-3-5-7-10;2-1-3/h4-5,8-9,12,14,26,28H,6-7,10-11H2,1-3H3,(H,23,27);3-7,9,11H,8H2,1-2H3;1H,(H2,2,3). The summed E-state index contributed by atoms with van der Waals surface area (Å²) in [5, 5.41) is 25.5. The topological polar surface area (TPSA) is 149 Å². The number of benzene rings is 2. The number of carbonyl (C=O) groups is 2. The lowest BCUT2D eigenvalue weighted by molar-refractivity contribution is -0.132. The lowest BCUT2D eigenvalue weighted by Gasteiger charge is -2.59. The summed E-state index contributed by atoms with van der Waals surface area (Å²) in [6, 6.07) is 17.9. The summed E-state index contributed by atoms with van der Waals surface area (Å²) in [6.07, 6.45) is 3.40. The number of hydrogen-bond acceptors (Lipinski definition) is 7. The normalized spacial score (nSPS) is 23.5. The average molecular weight is 577 g/mol. The molecule has 9 nitrogen and oxygen atoms in total. The molecule has 4 atom stereocenters. The van der Waals surface area contributed by atoms with Gasteiger partial charge in [0.15, 0.2) is 6.29 Å². The van der Waals surface area contributed by atoms with Crippen LogP contribution in [0, 0.1) is 6.92 Å². The highest BCUT2D eigenvalue weighted by Crippen LogP contribution is 2.53. The van der Waals surface area contributed by atoms with Crippen LogP contribution in [-0.4, -0.2) is 71.1 Å². The molecule has 0 spiro atoms. The number of likely N-dealkylation sites (tertiary alicyclic amines) is 1. The van der Waals surface area contributed by atoms with E-state index in [2.05, 4.69) is 52.1 Å². The van der Waals surface area contributed by atoms with Crippen LogP contribution in [0.25, 0.3) is 0 Å². The van der Waals surface area contributed by atoms with E-state index in [1.165, 1.54) is 5.56 Å². The number of aldehydes is 1. The van der Waals surface area contributed by atoms with Gasteiger partial charge in [-0.3, -0.25) is 14.4 Å². The van der Waals surface area contributed by atoms with Crippen LogP contribution in [0.3, 0.4) is 0 Å². The van der Waals surface area contributed by atoms with Gasteiger partial charge < -0.3 is 31.1 Å². The van der Waals surface area contributed by atoms with Crippen molar-refractivity contribution in [2.75, 3.05) is 20.6 Å². The molecule has 42 heavy (non-hydrogen) atoms. The van der Waals surface area contributed by atoms with Crippen molar-refractivity contribution in [3.05, 3.63) is 98.5 Å². The molecule has 4 unspecified atom stereocenters. The summed E-state index contributed by atoms with van der Waals surface area (Å²) in [7, 11) is 3.99. The van der Waals surface area contributed by atoms with Crippen molar-refractivity contribution < 1.29 is 19.8 Å². The van der Waals surface area contributed by atoms with Gasteiger partial charge in [-0.15, -0.1) is 0 Å². The van der Waals surface area contributed by atoms with Crippen molar-refractivity contribution in [2.45, 2.75) is 69.6 Å². The first-order valence-electron chi connectivity index (χ1n) is 14.3. The number of fused-ring (bicyclic) bond motifs is 2. The van der Waals surface area contributed by atoms with Crippen LogP contribution in [0.1, 0.15) is 58.6 Å². The highest BCUT2D eigenvalue weighted by molar-refractivity contribution is 5.74. The largest absolute Gasteiger partial charge is 0.508 e. The molecule has 3 aromatic rings. The van der Waals surface area contributed by atoms with Crippen molar-refractivity contribution in [2.24, 2.45) is 5.73 Å². The molecular formula is C33H44N4O5. The number of aromatic nitrogens is 1. The molecule has 0 radical (unpaired) electrons. The number of amides is 1. The molecular weight excluding hydrogens is 532 g/mol. The lowest BCUT2D eigenvalue weighted by atomic mass is 9.53. The predicted octanol–water partition coefficient (Wildman–Crippen LogP) is 2.63. The molecule has 2 heterocycles. The second-order valence-corrected chi connectivity index (χ2v) is 11.5. The van der Waals surface area contributed by atoms with E-state index in [4.69, 9.17) is 4.79 Å². The number of aromatic hydroxyl groups is 1. The zero-order valence-electron chi connectivity index (χ0n) is 25.2. The third-order valence-corrected chi connectivity index (χ3v) is 9.00. The predicted molar refractivity (Wildman–Crippen MR) is 165 cm³/mol. The van der Waals surface area contributed by atoms with E-state index in [9.17, 15) is 19.8 Å². The molecule has 6 N–H and O–H groups in total. The molecule has 2 aliphatic rings. The molecule has 0 saturated carbocycles. The number of phenolic OH excluding ortho intramolecular Hbond substituents is 1. The third-order valence-electron chi connectivity index (χ3n) is 9.00. The molecule has 2 aromatic carbocycles. The van der Waals surface area contributed by atoms with Gasteiger partial charge in [0.05, 0.1) is 11.2 Å².